The number of rotatable bonds is 5. The normalized spacial score (nSPS) is 12.5. The van der Waals surface area contributed by atoms with Crippen molar-refractivity contribution in [2.75, 3.05) is 0 Å². The summed E-state index contributed by atoms with van der Waals surface area (Å²) in [7, 11) is 0. The van der Waals surface area contributed by atoms with Crippen LogP contribution < -0.4 is 11.1 Å². The predicted molar refractivity (Wildman–Crippen MR) is 101 cm³/mol. The molecule has 4 nitrogen and oxygen atoms in total. The molecule has 2 aromatic rings. The lowest BCUT2D eigenvalue weighted by Gasteiger charge is -2.18. The van der Waals surface area contributed by atoms with E-state index in [-0.39, 0.29) is 36.8 Å². The Kier molecular flexibility index (Phi) is 9.39. The van der Waals surface area contributed by atoms with Crippen LogP contribution in [0, 0.1) is 13.8 Å². The van der Waals surface area contributed by atoms with Crippen molar-refractivity contribution in [3.05, 3.63) is 51.5 Å². The lowest BCUT2D eigenvalue weighted by molar-refractivity contribution is -0.123. The standard InChI is InChI=1S/C16H21N3OS.2ClH/c1-4-13(16-18-11(3)9-21-16)19-15(20)14(17)12-7-5-10(2)6-8-12;;/h5-9,13-14H,4,17H2,1-3H3,(H,19,20);2*1H. The molecule has 0 saturated carbocycles. The number of thiazole rings is 1. The molecule has 1 aromatic carbocycles. The average Bonchev–Trinajstić information content (AvgIpc) is 2.91. The van der Waals surface area contributed by atoms with Gasteiger partial charge >= 0.3 is 0 Å². The van der Waals surface area contributed by atoms with E-state index in [4.69, 9.17) is 5.73 Å². The molecule has 128 valence electrons. The van der Waals surface area contributed by atoms with Gasteiger partial charge in [0, 0.05) is 11.1 Å². The van der Waals surface area contributed by atoms with Crippen LogP contribution >= 0.6 is 36.2 Å². The summed E-state index contributed by atoms with van der Waals surface area (Å²) in [5.41, 5.74) is 8.99. The molecule has 1 aromatic heterocycles. The van der Waals surface area contributed by atoms with E-state index in [1.807, 2.05) is 50.4 Å². The van der Waals surface area contributed by atoms with Gasteiger partial charge < -0.3 is 11.1 Å². The molecule has 0 fully saturated rings. The molecule has 3 N–H and O–H groups in total. The molecule has 1 amide bonds. The second-order valence-electron chi connectivity index (χ2n) is 5.18. The lowest BCUT2D eigenvalue weighted by atomic mass is 10.0. The van der Waals surface area contributed by atoms with Crippen molar-refractivity contribution >= 4 is 42.1 Å². The van der Waals surface area contributed by atoms with E-state index in [0.29, 0.717) is 0 Å². The first-order valence-corrected chi connectivity index (χ1v) is 7.93. The van der Waals surface area contributed by atoms with Crippen molar-refractivity contribution in [1.29, 1.82) is 0 Å². The molecule has 2 rings (SSSR count). The fourth-order valence-electron chi connectivity index (χ4n) is 2.06. The third-order valence-corrected chi connectivity index (χ3v) is 4.45. The van der Waals surface area contributed by atoms with Crippen LogP contribution in [0.15, 0.2) is 29.6 Å². The Hall–Kier alpha value is -1.14. The number of aromatic nitrogens is 1. The molecule has 0 aliphatic carbocycles. The van der Waals surface area contributed by atoms with Crippen molar-refractivity contribution in [1.82, 2.24) is 10.3 Å². The molecule has 2 unspecified atom stereocenters. The highest BCUT2D eigenvalue weighted by atomic mass is 35.5. The van der Waals surface area contributed by atoms with Gasteiger partial charge in [-0.1, -0.05) is 36.8 Å². The third kappa shape index (κ3) is 5.77. The maximum atomic E-state index is 12.3. The summed E-state index contributed by atoms with van der Waals surface area (Å²) >= 11 is 1.57. The summed E-state index contributed by atoms with van der Waals surface area (Å²) < 4.78 is 0. The van der Waals surface area contributed by atoms with E-state index in [0.717, 1.165) is 28.2 Å². The van der Waals surface area contributed by atoms with Crippen LogP contribution in [0.5, 0.6) is 0 Å². The topological polar surface area (TPSA) is 68.0 Å². The van der Waals surface area contributed by atoms with Gasteiger partial charge in [0.25, 0.3) is 0 Å². The van der Waals surface area contributed by atoms with E-state index >= 15 is 0 Å². The molecule has 23 heavy (non-hydrogen) atoms. The number of halogens is 2. The minimum atomic E-state index is -0.652. The zero-order chi connectivity index (χ0) is 15.4. The number of amides is 1. The number of hydrogen-bond acceptors (Lipinski definition) is 4. The van der Waals surface area contributed by atoms with Crippen LogP contribution in [-0.4, -0.2) is 10.9 Å². The molecule has 0 aliphatic heterocycles. The van der Waals surface area contributed by atoms with Crippen molar-refractivity contribution < 1.29 is 4.79 Å². The highest BCUT2D eigenvalue weighted by Gasteiger charge is 2.21. The maximum Gasteiger partial charge on any atom is 0.242 e. The largest absolute Gasteiger partial charge is 0.345 e. The third-order valence-electron chi connectivity index (χ3n) is 3.38. The van der Waals surface area contributed by atoms with Gasteiger partial charge in [-0.2, -0.15) is 0 Å². The number of hydrogen-bond donors (Lipinski definition) is 2. The van der Waals surface area contributed by atoms with E-state index in [2.05, 4.69) is 10.3 Å². The number of carbonyl (C=O) groups is 1. The van der Waals surface area contributed by atoms with Gasteiger partial charge in [0.1, 0.15) is 11.0 Å². The molecule has 0 bridgehead atoms. The highest BCUT2D eigenvalue weighted by Crippen LogP contribution is 2.22. The van der Waals surface area contributed by atoms with Gasteiger partial charge in [-0.15, -0.1) is 36.2 Å². The number of benzene rings is 1. The van der Waals surface area contributed by atoms with Crippen LogP contribution in [0.4, 0.5) is 0 Å². The zero-order valence-electron chi connectivity index (χ0n) is 13.4. The molecular weight excluding hydrogens is 353 g/mol. The summed E-state index contributed by atoms with van der Waals surface area (Å²) in [5, 5.41) is 5.91. The number of carbonyl (C=O) groups excluding carboxylic acids is 1. The second kappa shape index (κ2) is 9.88. The van der Waals surface area contributed by atoms with Crippen molar-refractivity contribution in [2.45, 2.75) is 39.3 Å². The molecule has 7 heteroatoms. The quantitative estimate of drug-likeness (QED) is 0.832. The van der Waals surface area contributed by atoms with Gasteiger partial charge in [-0.3, -0.25) is 4.79 Å². The molecule has 0 spiro atoms. The molecular formula is C16H23Cl2N3OS. The molecule has 0 aliphatic rings. The smallest absolute Gasteiger partial charge is 0.242 e. The first-order valence-electron chi connectivity index (χ1n) is 7.05. The summed E-state index contributed by atoms with van der Waals surface area (Å²) in [5.74, 6) is -0.168. The Bertz CT molecular complexity index is 616. The van der Waals surface area contributed by atoms with Crippen LogP contribution in [0.3, 0.4) is 0 Å². The van der Waals surface area contributed by atoms with Crippen molar-refractivity contribution in [2.24, 2.45) is 5.73 Å². The molecule has 0 saturated heterocycles. The van der Waals surface area contributed by atoms with E-state index in [1.54, 1.807) is 11.3 Å². The van der Waals surface area contributed by atoms with Crippen molar-refractivity contribution in [3.8, 4) is 0 Å². The molecule has 0 radical (unpaired) electrons. The predicted octanol–water partition coefficient (Wildman–Crippen LogP) is 3.87. The lowest BCUT2D eigenvalue weighted by Crippen LogP contribution is -2.36. The summed E-state index contributed by atoms with van der Waals surface area (Å²) in [6.07, 6.45) is 0.791. The van der Waals surface area contributed by atoms with Gasteiger partial charge in [-0.25, -0.2) is 4.98 Å². The summed E-state index contributed by atoms with van der Waals surface area (Å²) in [6.45, 7) is 5.99. The van der Waals surface area contributed by atoms with Gasteiger partial charge in [0.05, 0.1) is 6.04 Å². The Morgan fingerprint density at radius 2 is 1.87 bits per heavy atom. The summed E-state index contributed by atoms with van der Waals surface area (Å²) in [6, 6.07) is 6.99. The van der Waals surface area contributed by atoms with Gasteiger partial charge in [-0.05, 0) is 25.8 Å². The Balaban J connectivity index is 0.00000242. The van der Waals surface area contributed by atoms with Crippen LogP contribution in [-0.2, 0) is 4.79 Å². The maximum absolute atomic E-state index is 12.3. The van der Waals surface area contributed by atoms with Crippen LogP contribution in [0.25, 0.3) is 0 Å². The van der Waals surface area contributed by atoms with Crippen LogP contribution in [0.1, 0.15) is 47.3 Å². The highest BCUT2D eigenvalue weighted by molar-refractivity contribution is 7.09. The Labute approximate surface area is 153 Å². The van der Waals surface area contributed by atoms with E-state index in [1.165, 1.54) is 0 Å². The first kappa shape index (κ1) is 21.9. The van der Waals surface area contributed by atoms with Crippen molar-refractivity contribution in [3.63, 3.8) is 0 Å². The van der Waals surface area contributed by atoms with E-state index in [9.17, 15) is 4.79 Å². The van der Waals surface area contributed by atoms with Gasteiger partial charge in [0.15, 0.2) is 0 Å². The number of nitrogens with two attached hydrogens (primary N) is 1. The number of aryl methyl sites for hydroxylation is 2. The van der Waals surface area contributed by atoms with Crippen LogP contribution in [0.2, 0.25) is 0 Å². The fraction of sp³-hybridized carbons (Fsp3) is 0.375. The van der Waals surface area contributed by atoms with Gasteiger partial charge in [0.2, 0.25) is 5.91 Å². The Morgan fingerprint density at radius 1 is 1.26 bits per heavy atom. The molecule has 2 atom stereocenters. The Morgan fingerprint density at radius 3 is 2.35 bits per heavy atom. The average molecular weight is 376 g/mol. The minimum absolute atomic E-state index is 0. The monoisotopic (exact) mass is 375 g/mol. The fourth-order valence-corrected chi connectivity index (χ4v) is 2.99. The number of nitrogens with zero attached hydrogens (tertiary/aromatic N) is 1. The number of nitrogens with one attached hydrogen (secondary N) is 1. The molecule has 1 heterocycles. The first-order chi connectivity index (χ1) is 10.0. The SMILES string of the molecule is CCC(NC(=O)C(N)c1ccc(C)cc1)c1nc(C)cs1.Cl.Cl. The zero-order valence-corrected chi connectivity index (χ0v) is 15.9. The second-order valence-corrected chi connectivity index (χ2v) is 6.07. The minimum Gasteiger partial charge on any atom is -0.345 e. The van der Waals surface area contributed by atoms with E-state index < -0.39 is 6.04 Å². The summed E-state index contributed by atoms with van der Waals surface area (Å²) in [4.78, 5) is 16.8.